The number of carbonyl (C=O) groups excluding carboxylic acids is 12. The van der Waals surface area contributed by atoms with Gasteiger partial charge in [0.25, 0.3) is 23.5 Å². The van der Waals surface area contributed by atoms with E-state index in [4.69, 9.17) is 84.0 Å². The van der Waals surface area contributed by atoms with Gasteiger partial charge in [-0.05, 0) is 43.9 Å². The molecule has 0 radical (unpaired) electrons. The Labute approximate surface area is 866 Å². The molecule has 0 saturated carbocycles. The monoisotopic (exact) mass is 2010 g/mol. The molecule has 0 aliphatic rings. The number of hydrogen-bond acceptors (Lipinski definition) is 36. The number of carbonyl (C=O) groups is 12. The topological polar surface area (TPSA) is 491 Å². The second-order valence-electron chi connectivity index (χ2n) is 34.0. The normalized spacial score (nSPS) is 13.7. The molecular weight excluding hydrogens is 1840 g/mol. The van der Waals surface area contributed by atoms with Gasteiger partial charge >= 0.3 is 160 Å². The summed E-state index contributed by atoms with van der Waals surface area (Å²) in [5.74, 6) is -7.98. The standard InChI is InChI=1S/C32H59O12P.2C30H55O12P.3Na/c1-7-8-9-10-11-12-13-14-15-16-17-18-30(34)43-28(21-39-27(6)33)23-41-45(37,38)42-24-29(44-32(36)20-26(4)5)22-40-31(35)19-25(2)3;1-7-8-9-10-11-12-13-14-15-16-17-18-28(32)41-26(19-37-25(6)31)21-39-43(35,36)40-22-27(42-30(34)24(4)5)20-38-29(33)23(2)3;1-5-8-9-10-11-12-13-14-15-16-17-20-30(34)42-26(21-37-25(4)31)23-39-43(35,36)40-24-27(41-29(33)19-7-3)22-38-28(32)18-6-2;;;/h25-26,28-29H,7-24H2,1-6H3,(H,37,38);23-24,26-27H,7-22H2,1-6H3,(H,35,36);26-27H,5-24H2,1-4H3,(H,35,36);;;/q;;;3*+1/p-3/t28-,29?;2*26-,27?;;;/m111.../s1. The van der Waals surface area contributed by atoms with Crippen molar-refractivity contribution in [3.05, 3.63) is 0 Å². The Balaban J connectivity index is -0.000000454. The van der Waals surface area contributed by atoms with E-state index in [9.17, 15) is 85.9 Å². The number of phosphoric acid groups is 3. The third-order valence-electron chi connectivity index (χ3n) is 18.9. The van der Waals surface area contributed by atoms with Crippen molar-refractivity contribution >= 4 is 95.1 Å². The van der Waals surface area contributed by atoms with Crippen molar-refractivity contribution in [1.29, 1.82) is 0 Å². The van der Waals surface area contributed by atoms with E-state index in [2.05, 4.69) is 20.8 Å². The maximum Gasteiger partial charge on any atom is 1.00 e. The van der Waals surface area contributed by atoms with Crippen LogP contribution in [0.1, 0.15) is 380 Å². The third kappa shape index (κ3) is 96.5. The molecule has 0 aliphatic carbocycles. The molecule has 6 unspecified atom stereocenters. The van der Waals surface area contributed by atoms with E-state index >= 15 is 0 Å². The molecule has 36 nitrogen and oxygen atoms in total. The molecule has 0 amide bonds. The molecular formula is C92H166Na3O36P3. The maximum absolute atomic E-state index is 12.5. The van der Waals surface area contributed by atoms with E-state index in [1.807, 2.05) is 27.7 Å². The second-order valence-corrected chi connectivity index (χ2v) is 38.2. The second kappa shape index (κ2) is 92.4. The van der Waals surface area contributed by atoms with Gasteiger partial charge in [0.1, 0.15) is 39.6 Å². The zero-order valence-corrected chi connectivity index (χ0v) is 93.7. The first-order chi connectivity index (χ1) is 62.0. The Hall–Kier alpha value is -3.03. The van der Waals surface area contributed by atoms with Crippen LogP contribution in [-0.4, -0.2) is 188 Å². The molecule has 134 heavy (non-hydrogen) atoms. The quantitative estimate of drug-likeness (QED) is 0.0181. The van der Waals surface area contributed by atoms with Crippen molar-refractivity contribution < 1.29 is 259 Å². The minimum absolute atomic E-state index is 0. The van der Waals surface area contributed by atoms with Crippen molar-refractivity contribution in [3.63, 3.8) is 0 Å². The number of hydrogen-bond donors (Lipinski definition) is 0. The van der Waals surface area contributed by atoms with Gasteiger partial charge in [-0.25, -0.2) is 0 Å². The van der Waals surface area contributed by atoms with Crippen molar-refractivity contribution in [3.8, 4) is 0 Å². The van der Waals surface area contributed by atoms with Crippen molar-refractivity contribution in [2.24, 2.45) is 23.7 Å². The van der Waals surface area contributed by atoms with Crippen LogP contribution in [0.4, 0.5) is 0 Å². The molecule has 0 aliphatic heterocycles. The first kappa shape index (κ1) is 142. The van der Waals surface area contributed by atoms with E-state index < -0.39 is 216 Å². The predicted octanol–water partition coefficient (Wildman–Crippen LogP) is 8.37. The summed E-state index contributed by atoms with van der Waals surface area (Å²) in [6.45, 7) is 21.0. The van der Waals surface area contributed by atoms with Crippen LogP contribution in [0.15, 0.2) is 0 Å². The van der Waals surface area contributed by atoms with Gasteiger partial charge in [0, 0.05) is 65.7 Å². The van der Waals surface area contributed by atoms with Gasteiger partial charge in [0.15, 0.2) is 36.6 Å². The van der Waals surface area contributed by atoms with Gasteiger partial charge in [-0.1, -0.05) is 283 Å². The van der Waals surface area contributed by atoms with E-state index in [-0.39, 0.29) is 152 Å². The molecule has 0 rings (SSSR count). The summed E-state index contributed by atoms with van der Waals surface area (Å²) in [5, 5.41) is 0. The fourth-order valence-electron chi connectivity index (χ4n) is 11.7. The van der Waals surface area contributed by atoms with Gasteiger partial charge < -0.3 is 98.7 Å². The summed E-state index contributed by atoms with van der Waals surface area (Å²) in [6.07, 6.45) is 32.1. The van der Waals surface area contributed by atoms with Crippen LogP contribution in [-0.2, 0) is 155 Å². The van der Waals surface area contributed by atoms with Crippen molar-refractivity contribution in [2.75, 3.05) is 79.3 Å². The summed E-state index contributed by atoms with van der Waals surface area (Å²) < 4.78 is 128. The largest absolute Gasteiger partial charge is 1.00 e. The van der Waals surface area contributed by atoms with Crippen LogP contribution in [0.5, 0.6) is 0 Å². The molecule has 9 atom stereocenters. The molecule has 768 valence electrons. The number of ether oxygens (including phenoxy) is 12. The first-order valence-corrected chi connectivity index (χ1v) is 52.3. The average Bonchev–Trinajstić information content (AvgIpc) is 0.901. The van der Waals surface area contributed by atoms with Crippen LogP contribution in [0.2, 0.25) is 0 Å². The van der Waals surface area contributed by atoms with E-state index in [1.165, 1.54) is 149 Å². The Kier molecular flexibility index (Phi) is 97.7. The summed E-state index contributed by atoms with van der Waals surface area (Å²) in [4.78, 5) is 180. The molecule has 0 bridgehead atoms. The zero-order chi connectivity index (χ0) is 99.1. The molecule has 0 heterocycles. The van der Waals surface area contributed by atoms with E-state index in [1.54, 1.807) is 41.5 Å². The third-order valence-corrected chi connectivity index (χ3v) is 21.7. The minimum Gasteiger partial charge on any atom is -0.756 e. The summed E-state index contributed by atoms with van der Waals surface area (Å²) in [5.41, 5.74) is 0. The first-order valence-electron chi connectivity index (χ1n) is 47.9. The maximum atomic E-state index is 12.5. The van der Waals surface area contributed by atoms with E-state index in [0.29, 0.717) is 32.1 Å². The number of rotatable bonds is 82. The van der Waals surface area contributed by atoms with Gasteiger partial charge in [-0.15, -0.1) is 0 Å². The Morgan fingerprint density at radius 3 is 0.664 bits per heavy atom. The zero-order valence-electron chi connectivity index (χ0n) is 85.0. The fraction of sp³-hybridized carbons (Fsp3) is 0.870. The Bertz CT molecular complexity index is 3210. The fourth-order valence-corrected chi connectivity index (χ4v) is 14.0. The Morgan fingerprint density at radius 1 is 0.224 bits per heavy atom. The molecule has 0 aromatic heterocycles. The molecule has 0 spiro atoms. The summed E-state index contributed by atoms with van der Waals surface area (Å²) >= 11 is 0. The molecule has 0 fully saturated rings. The average molecular weight is 2010 g/mol. The van der Waals surface area contributed by atoms with Crippen LogP contribution >= 0.6 is 23.5 Å². The van der Waals surface area contributed by atoms with Crippen LogP contribution in [0.25, 0.3) is 0 Å². The van der Waals surface area contributed by atoms with Gasteiger partial charge in [0.05, 0.1) is 51.5 Å². The van der Waals surface area contributed by atoms with Crippen LogP contribution in [0, 0.1) is 23.7 Å². The summed E-state index contributed by atoms with van der Waals surface area (Å²) in [6, 6.07) is 0. The number of phosphoric ester groups is 3. The molecule has 42 heteroatoms. The molecule has 0 aromatic carbocycles. The SMILES string of the molecule is CCCCCCCCCCCCCC(=O)O[C@H](COC(C)=O)COP(=O)([O-])OCC(COC(=O)C(C)C)OC(=O)C(C)C.CCCCCCCCCCCCCC(=O)O[C@H](COC(C)=O)COP(=O)([O-])OCC(COC(=O)CC(C)C)OC(=O)CC(C)C.CCCCCCCCCCCCCC(=O)O[C@H](COC(C)=O)COP(=O)([O-])OCC(COC(=O)CCC)OC(=O)CCC.[Na+].[Na+].[Na+]. The smallest absolute Gasteiger partial charge is 0.756 e. The Morgan fingerprint density at radius 2 is 0.425 bits per heavy atom. The summed E-state index contributed by atoms with van der Waals surface area (Å²) in [7, 11) is -15.0. The number of unbranched alkanes of at least 4 members (excludes halogenated alkanes) is 30. The van der Waals surface area contributed by atoms with Gasteiger partial charge in [0.2, 0.25) is 0 Å². The predicted molar refractivity (Wildman–Crippen MR) is 482 cm³/mol. The van der Waals surface area contributed by atoms with Gasteiger partial charge in [-0.3, -0.25) is 71.2 Å². The van der Waals surface area contributed by atoms with Crippen LogP contribution < -0.4 is 103 Å². The molecule has 0 N–H and O–H groups in total. The van der Waals surface area contributed by atoms with Crippen molar-refractivity contribution in [2.45, 2.75) is 417 Å². The molecule has 0 aromatic rings. The van der Waals surface area contributed by atoms with E-state index in [0.717, 1.165) is 64.7 Å². The minimum atomic E-state index is -4.99. The van der Waals surface area contributed by atoms with Crippen LogP contribution in [0.3, 0.4) is 0 Å². The van der Waals surface area contributed by atoms with Crippen molar-refractivity contribution in [1.82, 2.24) is 0 Å². The number of esters is 12. The molecule has 0 saturated heterocycles. The van der Waals surface area contributed by atoms with Gasteiger partial charge in [-0.2, -0.15) is 0 Å².